The molecule has 63 heavy (non-hydrogen) atoms. The Labute approximate surface area is 372 Å². The summed E-state index contributed by atoms with van der Waals surface area (Å²) in [6.45, 7) is 13.5. The molecule has 348 valence electrons. The molecule has 17 nitrogen and oxygen atoms in total. The van der Waals surface area contributed by atoms with Crippen LogP contribution in [0.3, 0.4) is 0 Å². The second kappa shape index (κ2) is 21.3. The predicted octanol–water partition coefficient (Wildman–Crippen LogP) is 1.84. The van der Waals surface area contributed by atoms with Crippen molar-refractivity contribution in [2.45, 2.75) is 159 Å². The molecule has 1 saturated heterocycles. The number of nitrogens with two attached hydrogens (primary N) is 2. The van der Waals surface area contributed by atoms with Crippen molar-refractivity contribution in [1.82, 2.24) is 31.0 Å². The van der Waals surface area contributed by atoms with Gasteiger partial charge in [0.1, 0.15) is 29.1 Å². The van der Waals surface area contributed by atoms with Crippen LogP contribution in [0.25, 0.3) is 11.3 Å². The zero-order valence-corrected chi connectivity index (χ0v) is 38.6. The Morgan fingerprint density at radius 2 is 1.56 bits per heavy atom. The summed E-state index contributed by atoms with van der Waals surface area (Å²) < 4.78 is 42.1. The Balaban J connectivity index is 1.17. The molecule has 4 aliphatic rings. The quantitative estimate of drug-likeness (QED) is 0.0587. The van der Waals surface area contributed by atoms with Crippen molar-refractivity contribution in [1.29, 1.82) is 0 Å². The Kier molecular flexibility index (Phi) is 16.9. The number of carbonyl (C=O) groups excluding carboxylic acids is 4. The summed E-state index contributed by atoms with van der Waals surface area (Å²) in [5.41, 5.74) is 13.7. The van der Waals surface area contributed by atoms with Crippen LogP contribution in [-0.2, 0) is 44.9 Å². The van der Waals surface area contributed by atoms with Crippen molar-refractivity contribution in [3.63, 3.8) is 0 Å². The molecule has 3 saturated carbocycles. The molecule has 2 aromatic rings. The fourth-order valence-corrected chi connectivity index (χ4v) is 10.4. The summed E-state index contributed by atoms with van der Waals surface area (Å²) in [4.78, 5) is 58.4. The minimum Gasteiger partial charge on any atom is -0.404 e. The number of nitrogens with one attached hydrogen (secondary N) is 5. The van der Waals surface area contributed by atoms with Crippen molar-refractivity contribution in [3.8, 4) is 11.3 Å². The molecule has 10 atom stereocenters. The molecule has 10 unspecified atom stereocenters. The van der Waals surface area contributed by atoms with E-state index in [0.29, 0.717) is 36.9 Å². The van der Waals surface area contributed by atoms with Crippen LogP contribution < -0.4 is 37.5 Å². The van der Waals surface area contributed by atoms with Crippen molar-refractivity contribution in [2.75, 3.05) is 13.1 Å². The normalized spacial score (nSPS) is 24.1. The Morgan fingerprint density at radius 3 is 2.16 bits per heavy atom. The van der Waals surface area contributed by atoms with Gasteiger partial charge in [0.25, 0.3) is 0 Å². The highest BCUT2D eigenvalue weighted by molar-refractivity contribution is 7.89. The van der Waals surface area contributed by atoms with Gasteiger partial charge in [0, 0.05) is 11.8 Å². The van der Waals surface area contributed by atoms with Gasteiger partial charge in [-0.05, 0) is 127 Å². The highest BCUT2D eigenvalue weighted by atomic mass is 32.2. The average Bonchev–Trinajstić information content (AvgIpc) is 3.61. The molecule has 3 aliphatic carbocycles. The number of sulfonamides is 1. The first-order valence-electron chi connectivity index (χ1n) is 22.5. The van der Waals surface area contributed by atoms with Crippen molar-refractivity contribution >= 4 is 40.8 Å². The molecule has 1 aliphatic heterocycles. The van der Waals surface area contributed by atoms with E-state index in [-0.39, 0.29) is 35.8 Å². The molecule has 6 rings (SSSR count). The zero-order valence-electron chi connectivity index (χ0n) is 37.8. The topological polar surface area (TPSA) is 266 Å². The first kappa shape index (κ1) is 50.0. The van der Waals surface area contributed by atoms with Crippen LogP contribution in [0.4, 0.5) is 0 Å². The standard InChI is InChI=1S/C44H69BN8O9S/c1-8-9-12-29-14-16-30(17-15-29)33-19-18-32(25-48-33)63(59,60)53-35(20-22-47)41(57)52-38(27(3)54)42(58)49-26(2)39(55)51-34(13-10-11-21-46)40(56)50-28(4)45-61-37-24-31-23-36(43(31,5)6)44(37,7)62-45/h14-19,25-28,31,34-38,53-54H,8-13,20-24,46-47H2,1-7H3,(H,49,58)(H,50,56)(H,51,55)(H,52,57). The Hall–Kier alpha value is -3.98. The molecule has 2 bridgehead atoms. The number of rotatable bonds is 23. The number of amides is 4. The second-order valence-electron chi connectivity index (χ2n) is 18.4. The number of benzene rings is 1. The van der Waals surface area contributed by atoms with Gasteiger partial charge in [0.05, 0.1) is 29.4 Å². The summed E-state index contributed by atoms with van der Waals surface area (Å²) in [5, 5.41) is 21.2. The molecule has 10 N–H and O–H groups in total. The first-order valence-corrected chi connectivity index (χ1v) is 23.9. The highest BCUT2D eigenvalue weighted by Crippen LogP contribution is 2.65. The monoisotopic (exact) mass is 897 g/mol. The van der Waals surface area contributed by atoms with E-state index in [4.69, 9.17) is 20.8 Å². The number of hydrogen-bond acceptors (Lipinski definition) is 12. The lowest BCUT2D eigenvalue weighted by molar-refractivity contribution is -0.199. The van der Waals surface area contributed by atoms with Crippen LogP contribution in [0.2, 0.25) is 0 Å². The third kappa shape index (κ3) is 11.8. The number of aryl methyl sites for hydroxylation is 1. The number of hydrogen-bond donors (Lipinski definition) is 8. The lowest BCUT2D eigenvalue weighted by Gasteiger charge is -2.64. The molecule has 1 aromatic heterocycles. The number of pyridine rings is 1. The molecule has 2 heterocycles. The van der Waals surface area contributed by atoms with Gasteiger partial charge in [0.15, 0.2) is 0 Å². The van der Waals surface area contributed by atoms with Crippen molar-refractivity contribution < 1.29 is 42.0 Å². The summed E-state index contributed by atoms with van der Waals surface area (Å²) in [6.07, 6.45) is 6.06. The van der Waals surface area contributed by atoms with Crippen LogP contribution in [0, 0.1) is 17.3 Å². The minimum atomic E-state index is -4.30. The number of nitrogens with zero attached hydrogens (tertiary/aromatic N) is 1. The number of aliphatic hydroxyl groups excluding tert-OH is 1. The SMILES string of the molecule is CCCCc1ccc(-c2ccc(S(=O)(=O)NC(CCN)C(=O)NC(C(=O)NC(C)C(=O)NC(CCCCN)C(=O)NC(C)B3OC4CC5CC(C5(C)C)C4(C)O3)C(C)O)cn2)cc1. The third-order valence-electron chi connectivity index (χ3n) is 13.3. The van der Waals surface area contributed by atoms with Crippen molar-refractivity contribution in [3.05, 3.63) is 48.2 Å². The number of carbonyl (C=O) groups is 4. The number of aromatic nitrogens is 1. The van der Waals surface area contributed by atoms with Crippen LogP contribution in [0.15, 0.2) is 47.5 Å². The highest BCUT2D eigenvalue weighted by Gasteiger charge is 2.68. The lowest BCUT2D eigenvalue weighted by atomic mass is 9.43. The van der Waals surface area contributed by atoms with Gasteiger partial charge in [-0.1, -0.05) is 51.5 Å². The van der Waals surface area contributed by atoms with E-state index in [1.807, 2.05) is 24.3 Å². The summed E-state index contributed by atoms with van der Waals surface area (Å²) >= 11 is 0. The third-order valence-corrected chi connectivity index (χ3v) is 14.8. The summed E-state index contributed by atoms with van der Waals surface area (Å²) in [6, 6.07) is 5.63. The molecule has 0 radical (unpaired) electrons. The van der Waals surface area contributed by atoms with E-state index in [1.54, 1.807) is 13.0 Å². The minimum absolute atomic E-state index is 0.0701. The molecule has 4 amide bonds. The van der Waals surface area contributed by atoms with Gasteiger partial charge in [-0.2, -0.15) is 4.72 Å². The van der Waals surface area contributed by atoms with Gasteiger partial charge < -0.3 is 47.1 Å². The van der Waals surface area contributed by atoms with Crippen LogP contribution in [0.1, 0.15) is 105 Å². The lowest BCUT2D eigenvalue weighted by Crippen LogP contribution is -2.65. The largest absolute Gasteiger partial charge is 0.481 e. The van der Waals surface area contributed by atoms with Gasteiger partial charge >= 0.3 is 7.12 Å². The van der Waals surface area contributed by atoms with E-state index in [0.717, 1.165) is 37.7 Å². The predicted molar refractivity (Wildman–Crippen MR) is 240 cm³/mol. The number of unbranched alkanes of at least 4 members (excludes halogenated alkanes) is 2. The van der Waals surface area contributed by atoms with E-state index in [1.165, 1.54) is 31.7 Å². The Morgan fingerprint density at radius 1 is 0.857 bits per heavy atom. The fraction of sp³-hybridized carbons (Fsp3) is 0.659. The van der Waals surface area contributed by atoms with Gasteiger partial charge in [-0.3, -0.25) is 24.2 Å². The molecule has 1 aromatic carbocycles. The van der Waals surface area contributed by atoms with Crippen LogP contribution in [-0.4, -0.2) is 110 Å². The smallest absolute Gasteiger partial charge is 0.404 e. The van der Waals surface area contributed by atoms with E-state index in [2.05, 4.69) is 58.7 Å². The van der Waals surface area contributed by atoms with Gasteiger partial charge in [-0.25, -0.2) is 8.42 Å². The van der Waals surface area contributed by atoms with E-state index >= 15 is 0 Å². The molecule has 4 fully saturated rings. The molecular weight excluding hydrogens is 827 g/mol. The Bertz CT molecular complexity index is 2010. The van der Waals surface area contributed by atoms with E-state index in [9.17, 15) is 32.7 Å². The maximum absolute atomic E-state index is 13.7. The summed E-state index contributed by atoms with van der Waals surface area (Å²) in [7, 11) is -4.97. The average molecular weight is 897 g/mol. The molecule has 0 spiro atoms. The molecule has 19 heteroatoms. The fourth-order valence-electron chi connectivity index (χ4n) is 9.19. The summed E-state index contributed by atoms with van der Waals surface area (Å²) in [5.74, 6) is -2.61. The maximum atomic E-state index is 13.7. The van der Waals surface area contributed by atoms with Crippen LogP contribution in [0.5, 0.6) is 0 Å². The molecular formula is C44H69BN8O9S. The van der Waals surface area contributed by atoms with Crippen molar-refractivity contribution in [2.24, 2.45) is 28.7 Å². The first-order chi connectivity index (χ1) is 29.7. The van der Waals surface area contributed by atoms with E-state index < -0.39 is 82.6 Å². The maximum Gasteiger partial charge on any atom is 0.481 e. The zero-order chi connectivity index (χ0) is 46.3. The van der Waals surface area contributed by atoms with Gasteiger partial charge in [-0.15, -0.1) is 0 Å². The van der Waals surface area contributed by atoms with Crippen LogP contribution >= 0.6 is 0 Å². The van der Waals surface area contributed by atoms with Gasteiger partial charge in [0.2, 0.25) is 33.7 Å². The number of aliphatic hydroxyl groups is 1. The second-order valence-corrected chi connectivity index (χ2v) is 20.1.